The maximum atomic E-state index is 10.8. The average molecular weight is 293 g/mol. The molecular weight excluding hydrogens is 272 g/mol. The maximum absolute atomic E-state index is 10.8. The van der Waals surface area contributed by atoms with Crippen molar-refractivity contribution in [3.05, 3.63) is 12.2 Å². The fourth-order valence-electron chi connectivity index (χ4n) is 1.28. The van der Waals surface area contributed by atoms with Gasteiger partial charge in [-0.25, -0.2) is 0 Å². The van der Waals surface area contributed by atoms with E-state index in [1.165, 1.54) is 7.11 Å². The minimum Gasteiger partial charge on any atom is -0.469 e. The second-order valence-electron chi connectivity index (χ2n) is 3.67. The second kappa shape index (κ2) is 11.1. The average Bonchev–Trinajstić information content (AvgIpc) is 2.27. The number of methoxy groups -OCH3 is 1. The molecule has 1 atom stereocenters. The molecular formula is C12H21BrO3. The number of carbonyl (C=O) groups excluding carboxylic acids is 1. The summed E-state index contributed by atoms with van der Waals surface area (Å²) in [4.78, 5) is 10.8. The van der Waals surface area contributed by atoms with Crippen LogP contribution in [0.2, 0.25) is 0 Å². The lowest BCUT2D eigenvalue weighted by atomic mass is 10.1. The van der Waals surface area contributed by atoms with Gasteiger partial charge in [0.05, 0.1) is 19.6 Å². The molecule has 0 saturated heterocycles. The topological polar surface area (TPSA) is 46.5 Å². The Bertz CT molecular complexity index is 204. The molecule has 0 aromatic rings. The number of aliphatic hydroxyl groups is 1. The van der Waals surface area contributed by atoms with Crippen molar-refractivity contribution in [2.75, 3.05) is 12.4 Å². The molecule has 0 bridgehead atoms. The minimum atomic E-state index is -0.566. The monoisotopic (exact) mass is 292 g/mol. The van der Waals surface area contributed by atoms with Crippen LogP contribution in [0.3, 0.4) is 0 Å². The Labute approximate surface area is 106 Å². The first kappa shape index (κ1) is 15.7. The third-order valence-electron chi connectivity index (χ3n) is 2.21. The van der Waals surface area contributed by atoms with E-state index < -0.39 is 6.10 Å². The van der Waals surface area contributed by atoms with Crippen LogP contribution >= 0.6 is 15.9 Å². The summed E-state index contributed by atoms with van der Waals surface area (Å²) in [6, 6.07) is 0. The van der Waals surface area contributed by atoms with Crippen LogP contribution in [0.15, 0.2) is 12.2 Å². The highest BCUT2D eigenvalue weighted by Gasteiger charge is 2.09. The number of ether oxygens (including phenoxy) is 1. The lowest BCUT2D eigenvalue weighted by molar-refractivity contribution is -0.142. The number of esters is 1. The van der Waals surface area contributed by atoms with Crippen molar-refractivity contribution in [2.24, 2.45) is 0 Å². The number of carbonyl (C=O) groups is 1. The molecule has 0 saturated carbocycles. The van der Waals surface area contributed by atoms with Crippen molar-refractivity contribution >= 4 is 21.9 Å². The molecule has 0 aromatic heterocycles. The van der Waals surface area contributed by atoms with Gasteiger partial charge in [0.25, 0.3) is 0 Å². The van der Waals surface area contributed by atoms with Crippen molar-refractivity contribution in [2.45, 2.75) is 44.6 Å². The Morgan fingerprint density at radius 3 is 2.56 bits per heavy atom. The highest BCUT2D eigenvalue weighted by Crippen LogP contribution is 2.06. The Morgan fingerprint density at radius 2 is 2.00 bits per heavy atom. The molecule has 1 N–H and O–H groups in total. The lowest BCUT2D eigenvalue weighted by Gasteiger charge is -2.07. The first-order chi connectivity index (χ1) is 7.70. The van der Waals surface area contributed by atoms with Crippen LogP contribution in [0, 0.1) is 0 Å². The Kier molecular flexibility index (Phi) is 10.9. The third kappa shape index (κ3) is 10.2. The predicted octanol–water partition coefficient (Wildman–Crippen LogP) is 2.81. The van der Waals surface area contributed by atoms with Gasteiger partial charge >= 0.3 is 5.97 Å². The summed E-state index contributed by atoms with van der Waals surface area (Å²) >= 11 is 3.37. The molecule has 0 aliphatic carbocycles. The highest BCUT2D eigenvalue weighted by molar-refractivity contribution is 9.09. The van der Waals surface area contributed by atoms with Gasteiger partial charge < -0.3 is 9.84 Å². The van der Waals surface area contributed by atoms with E-state index in [-0.39, 0.29) is 12.4 Å². The van der Waals surface area contributed by atoms with Gasteiger partial charge in [0, 0.05) is 5.33 Å². The van der Waals surface area contributed by atoms with E-state index in [9.17, 15) is 9.90 Å². The predicted molar refractivity (Wildman–Crippen MR) is 68.7 cm³/mol. The number of alkyl halides is 1. The van der Waals surface area contributed by atoms with Crippen molar-refractivity contribution in [1.82, 2.24) is 0 Å². The number of allylic oxidation sites excluding steroid dienone is 2. The molecule has 0 fully saturated rings. The van der Waals surface area contributed by atoms with Gasteiger partial charge in [0.2, 0.25) is 0 Å². The van der Waals surface area contributed by atoms with E-state index >= 15 is 0 Å². The highest BCUT2D eigenvalue weighted by atomic mass is 79.9. The molecule has 0 spiro atoms. The van der Waals surface area contributed by atoms with E-state index in [1.807, 2.05) is 0 Å². The molecule has 0 radical (unpaired) electrons. The van der Waals surface area contributed by atoms with E-state index in [0.717, 1.165) is 31.0 Å². The minimum absolute atomic E-state index is 0.101. The standard InChI is InChI=1S/C12H21BrO3/c1-16-12(15)10-11(14)8-6-4-2-3-5-7-9-13/h2-3,11,14H,4-10H2,1H3/b3-2+. The van der Waals surface area contributed by atoms with Crippen molar-refractivity contribution in [1.29, 1.82) is 0 Å². The largest absolute Gasteiger partial charge is 0.469 e. The summed E-state index contributed by atoms with van der Waals surface area (Å²) in [5, 5.41) is 10.5. The van der Waals surface area contributed by atoms with E-state index in [0.29, 0.717) is 6.42 Å². The summed E-state index contributed by atoms with van der Waals surface area (Å²) in [6.07, 6.45) is 8.59. The van der Waals surface area contributed by atoms with Gasteiger partial charge in [-0.1, -0.05) is 28.1 Å². The normalized spacial score (nSPS) is 12.9. The van der Waals surface area contributed by atoms with Crippen LogP contribution in [-0.2, 0) is 9.53 Å². The second-order valence-corrected chi connectivity index (χ2v) is 4.46. The van der Waals surface area contributed by atoms with Crippen LogP contribution in [0.25, 0.3) is 0 Å². The number of hydrogen-bond donors (Lipinski definition) is 1. The van der Waals surface area contributed by atoms with Crippen LogP contribution in [0.4, 0.5) is 0 Å². The van der Waals surface area contributed by atoms with Crippen LogP contribution < -0.4 is 0 Å². The molecule has 0 amide bonds. The smallest absolute Gasteiger partial charge is 0.308 e. The number of rotatable bonds is 9. The quantitative estimate of drug-likeness (QED) is 0.308. The Hall–Kier alpha value is -0.350. The zero-order valence-corrected chi connectivity index (χ0v) is 11.4. The first-order valence-corrected chi connectivity index (χ1v) is 6.78. The molecule has 1 unspecified atom stereocenters. The fraction of sp³-hybridized carbons (Fsp3) is 0.750. The van der Waals surface area contributed by atoms with Gasteiger partial charge in [0.1, 0.15) is 0 Å². The molecule has 3 nitrogen and oxygen atoms in total. The summed E-state index contributed by atoms with van der Waals surface area (Å²) in [5.41, 5.74) is 0. The summed E-state index contributed by atoms with van der Waals surface area (Å²) in [5.74, 6) is -0.347. The van der Waals surface area contributed by atoms with E-state index in [1.54, 1.807) is 0 Å². The van der Waals surface area contributed by atoms with Crippen LogP contribution in [0.5, 0.6) is 0 Å². The zero-order chi connectivity index (χ0) is 12.2. The van der Waals surface area contributed by atoms with Crippen molar-refractivity contribution in [3.8, 4) is 0 Å². The molecule has 94 valence electrons. The Morgan fingerprint density at radius 1 is 1.38 bits per heavy atom. The SMILES string of the molecule is COC(=O)CC(O)CCC/C=C/CCCBr. The molecule has 0 rings (SSSR count). The van der Waals surface area contributed by atoms with Crippen LogP contribution in [0.1, 0.15) is 38.5 Å². The number of unbranched alkanes of at least 4 members (excludes halogenated alkanes) is 2. The summed E-state index contributed by atoms with van der Waals surface area (Å²) in [6.45, 7) is 0. The fourth-order valence-corrected chi connectivity index (χ4v) is 1.60. The van der Waals surface area contributed by atoms with Gasteiger partial charge in [-0.3, -0.25) is 4.79 Å². The van der Waals surface area contributed by atoms with Gasteiger partial charge in [-0.2, -0.15) is 0 Å². The third-order valence-corrected chi connectivity index (χ3v) is 2.77. The van der Waals surface area contributed by atoms with Crippen molar-refractivity contribution in [3.63, 3.8) is 0 Å². The number of hydrogen-bond acceptors (Lipinski definition) is 3. The number of halogens is 1. The molecule has 4 heteroatoms. The Balaban J connectivity index is 3.36. The van der Waals surface area contributed by atoms with E-state index in [2.05, 4.69) is 32.8 Å². The lowest BCUT2D eigenvalue weighted by Crippen LogP contribution is -2.14. The van der Waals surface area contributed by atoms with Gasteiger partial charge in [-0.15, -0.1) is 0 Å². The maximum Gasteiger partial charge on any atom is 0.308 e. The zero-order valence-electron chi connectivity index (χ0n) is 9.82. The van der Waals surface area contributed by atoms with Crippen molar-refractivity contribution < 1.29 is 14.6 Å². The van der Waals surface area contributed by atoms with Gasteiger partial charge in [-0.05, 0) is 32.1 Å². The first-order valence-electron chi connectivity index (χ1n) is 5.66. The van der Waals surface area contributed by atoms with Crippen LogP contribution in [-0.4, -0.2) is 29.6 Å². The summed E-state index contributed by atoms with van der Waals surface area (Å²) in [7, 11) is 1.33. The molecule has 0 aliphatic heterocycles. The van der Waals surface area contributed by atoms with Gasteiger partial charge in [0.15, 0.2) is 0 Å². The number of aliphatic hydroxyl groups excluding tert-OH is 1. The molecule has 0 aliphatic rings. The van der Waals surface area contributed by atoms with E-state index in [4.69, 9.17) is 0 Å². The summed E-state index contributed by atoms with van der Waals surface area (Å²) < 4.78 is 4.48. The molecule has 16 heavy (non-hydrogen) atoms. The molecule has 0 heterocycles. The molecule has 0 aromatic carbocycles.